The van der Waals surface area contributed by atoms with Crippen molar-refractivity contribution in [1.82, 2.24) is 4.72 Å². The van der Waals surface area contributed by atoms with Crippen LogP contribution >= 0.6 is 0 Å². The van der Waals surface area contributed by atoms with Crippen LogP contribution < -0.4 is 10.0 Å². The van der Waals surface area contributed by atoms with E-state index in [-0.39, 0.29) is 4.90 Å². The number of hydrogen-bond donors (Lipinski definition) is 3. The fraction of sp³-hybridized carbons (Fsp3) is 0.500. The summed E-state index contributed by atoms with van der Waals surface area (Å²) in [6, 6.07) is 6.16. The number of benzene rings is 1. The van der Waals surface area contributed by atoms with Gasteiger partial charge in [0.2, 0.25) is 10.0 Å². The number of hydrogen-bond acceptors (Lipinski definition) is 4. The second kappa shape index (κ2) is 6.03. The molecular weight excluding hydrogens is 292 g/mol. The summed E-state index contributed by atoms with van der Waals surface area (Å²) in [5.41, 5.74) is -0.285. The van der Waals surface area contributed by atoms with Crippen molar-refractivity contribution in [3.63, 3.8) is 0 Å². The summed E-state index contributed by atoms with van der Waals surface area (Å²) < 4.78 is 26.4. The molecule has 0 saturated heterocycles. The fourth-order valence-corrected chi connectivity index (χ4v) is 3.37. The van der Waals surface area contributed by atoms with Crippen molar-refractivity contribution >= 4 is 21.7 Å². The average Bonchev–Trinajstić information content (AvgIpc) is 2.41. The maximum Gasteiger partial charge on any atom is 0.329 e. The first-order valence-electron chi connectivity index (χ1n) is 7.01. The Morgan fingerprint density at radius 3 is 2.33 bits per heavy atom. The van der Waals surface area contributed by atoms with Gasteiger partial charge in [0, 0.05) is 12.2 Å². The maximum atomic E-state index is 11.9. The summed E-state index contributed by atoms with van der Waals surface area (Å²) >= 11 is 0. The molecule has 0 aliphatic heterocycles. The maximum absolute atomic E-state index is 11.9. The minimum atomic E-state index is -3.48. The Hall–Kier alpha value is -1.60. The summed E-state index contributed by atoms with van der Waals surface area (Å²) in [4.78, 5) is 11.5. The lowest BCUT2D eigenvalue weighted by molar-refractivity contribution is -0.145. The molecule has 1 aromatic rings. The molecule has 0 unspecified atom stereocenters. The first kappa shape index (κ1) is 15.8. The van der Waals surface area contributed by atoms with Crippen LogP contribution in [0.1, 0.15) is 32.6 Å². The molecule has 1 aromatic carbocycles. The van der Waals surface area contributed by atoms with E-state index in [0.29, 0.717) is 25.1 Å². The largest absolute Gasteiger partial charge is 0.480 e. The SMILES string of the molecule is CCCNS(=O)(=O)c1ccc(NC2(C(=O)O)CCC2)cc1. The highest BCUT2D eigenvalue weighted by Crippen LogP contribution is 2.35. The zero-order valence-electron chi connectivity index (χ0n) is 11.9. The van der Waals surface area contributed by atoms with E-state index in [1.165, 1.54) is 12.1 Å². The Balaban J connectivity index is 2.11. The molecule has 1 saturated carbocycles. The number of anilines is 1. The van der Waals surface area contributed by atoms with Gasteiger partial charge in [-0.2, -0.15) is 0 Å². The molecule has 0 heterocycles. The van der Waals surface area contributed by atoms with E-state index < -0.39 is 21.5 Å². The number of rotatable bonds is 7. The number of aliphatic carboxylic acids is 1. The molecule has 1 fully saturated rings. The molecule has 0 aromatic heterocycles. The number of carbonyl (C=O) groups is 1. The van der Waals surface area contributed by atoms with Gasteiger partial charge in [-0.3, -0.25) is 0 Å². The van der Waals surface area contributed by atoms with Crippen molar-refractivity contribution in [3.05, 3.63) is 24.3 Å². The van der Waals surface area contributed by atoms with Crippen molar-refractivity contribution in [1.29, 1.82) is 0 Å². The van der Waals surface area contributed by atoms with Gasteiger partial charge in [-0.1, -0.05) is 6.92 Å². The van der Waals surface area contributed by atoms with E-state index in [0.717, 1.165) is 12.8 Å². The van der Waals surface area contributed by atoms with Crippen molar-refractivity contribution in [2.75, 3.05) is 11.9 Å². The van der Waals surface area contributed by atoms with Crippen LogP contribution in [0.5, 0.6) is 0 Å². The van der Waals surface area contributed by atoms with Crippen LogP contribution in [0.4, 0.5) is 5.69 Å². The Morgan fingerprint density at radius 1 is 1.29 bits per heavy atom. The first-order valence-corrected chi connectivity index (χ1v) is 8.49. The van der Waals surface area contributed by atoms with E-state index in [9.17, 15) is 18.3 Å². The molecule has 1 aliphatic carbocycles. The molecule has 1 aliphatic rings. The summed E-state index contributed by atoms with van der Waals surface area (Å²) in [5.74, 6) is -0.866. The van der Waals surface area contributed by atoms with Crippen LogP contribution in [-0.4, -0.2) is 31.6 Å². The van der Waals surface area contributed by atoms with Gasteiger partial charge in [-0.15, -0.1) is 0 Å². The molecule has 0 bridgehead atoms. The fourth-order valence-electron chi connectivity index (χ4n) is 2.24. The second-order valence-electron chi connectivity index (χ2n) is 5.29. The van der Waals surface area contributed by atoms with Gasteiger partial charge < -0.3 is 10.4 Å². The molecule has 21 heavy (non-hydrogen) atoms. The molecule has 0 spiro atoms. The van der Waals surface area contributed by atoms with Crippen LogP contribution in [0.3, 0.4) is 0 Å². The predicted molar refractivity (Wildman–Crippen MR) is 79.8 cm³/mol. The highest BCUT2D eigenvalue weighted by molar-refractivity contribution is 7.89. The number of nitrogens with one attached hydrogen (secondary N) is 2. The molecule has 3 N–H and O–H groups in total. The summed E-state index contributed by atoms with van der Waals surface area (Å²) in [6.07, 6.45) is 2.77. The van der Waals surface area contributed by atoms with Crippen LogP contribution in [0, 0.1) is 0 Å². The van der Waals surface area contributed by atoms with Gasteiger partial charge in [0.15, 0.2) is 0 Å². The molecule has 0 amide bonds. The monoisotopic (exact) mass is 312 g/mol. The van der Waals surface area contributed by atoms with E-state index in [2.05, 4.69) is 10.0 Å². The third-order valence-electron chi connectivity index (χ3n) is 3.71. The van der Waals surface area contributed by atoms with Gasteiger partial charge in [0.25, 0.3) is 0 Å². The number of carboxylic acid groups (broad SMARTS) is 1. The van der Waals surface area contributed by atoms with Crippen molar-refractivity contribution in [2.24, 2.45) is 0 Å². The smallest absolute Gasteiger partial charge is 0.329 e. The van der Waals surface area contributed by atoms with Crippen molar-refractivity contribution in [3.8, 4) is 0 Å². The minimum Gasteiger partial charge on any atom is -0.480 e. The third-order valence-corrected chi connectivity index (χ3v) is 5.18. The van der Waals surface area contributed by atoms with Gasteiger partial charge in [0.1, 0.15) is 5.54 Å². The summed E-state index contributed by atoms with van der Waals surface area (Å²) in [6.45, 7) is 2.28. The lowest BCUT2D eigenvalue weighted by Crippen LogP contribution is -2.52. The topological polar surface area (TPSA) is 95.5 Å². The molecule has 2 rings (SSSR count). The Bertz CT molecular complexity index is 606. The zero-order chi connectivity index (χ0) is 15.5. The minimum absolute atomic E-state index is 0.180. The number of carboxylic acids is 1. The predicted octanol–water partition coefficient (Wildman–Crippen LogP) is 1.79. The quantitative estimate of drug-likeness (QED) is 0.713. The normalized spacial score (nSPS) is 17.0. The molecular formula is C14H20N2O4S. The lowest BCUT2D eigenvalue weighted by atomic mass is 9.76. The van der Waals surface area contributed by atoms with Crippen LogP contribution in [0.15, 0.2) is 29.2 Å². The van der Waals surface area contributed by atoms with Crippen LogP contribution in [0.25, 0.3) is 0 Å². The second-order valence-corrected chi connectivity index (χ2v) is 7.05. The van der Waals surface area contributed by atoms with Gasteiger partial charge in [-0.25, -0.2) is 17.9 Å². The van der Waals surface area contributed by atoms with Crippen molar-refractivity contribution < 1.29 is 18.3 Å². The van der Waals surface area contributed by atoms with E-state index in [1.54, 1.807) is 12.1 Å². The standard InChI is InChI=1S/C14H20N2O4S/c1-2-10-15-21(19,20)12-6-4-11(5-7-12)16-14(13(17)18)8-3-9-14/h4-7,15-16H,2-3,8-10H2,1H3,(H,17,18). The number of sulfonamides is 1. The van der Waals surface area contributed by atoms with Crippen molar-refractivity contribution in [2.45, 2.75) is 43.0 Å². The van der Waals surface area contributed by atoms with E-state index >= 15 is 0 Å². The van der Waals surface area contributed by atoms with Gasteiger partial charge in [0.05, 0.1) is 4.90 Å². The average molecular weight is 312 g/mol. The molecule has 7 heteroatoms. The Labute approximate surface area is 124 Å². The van der Waals surface area contributed by atoms with E-state index in [4.69, 9.17) is 0 Å². The molecule has 116 valence electrons. The lowest BCUT2D eigenvalue weighted by Gasteiger charge is -2.39. The van der Waals surface area contributed by atoms with E-state index in [1.807, 2.05) is 6.92 Å². The molecule has 0 radical (unpaired) electrons. The van der Waals surface area contributed by atoms with Gasteiger partial charge in [-0.05, 0) is 49.9 Å². The van der Waals surface area contributed by atoms with Crippen LogP contribution in [0.2, 0.25) is 0 Å². The summed E-state index contributed by atoms with van der Waals surface area (Å²) in [7, 11) is -3.48. The molecule has 6 nitrogen and oxygen atoms in total. The highest BCUT2D eigenvalue weighted by Gasteiger charge is 2.44. The highest BCUT2D eigenvalue weighted by atomic mass is 32.2. The summed E-state index contributed by atoms with van der Waals surface area (Å²) in [5, 5.41) is 12.3. The first-order chi connectivity index (χ1) is 9.89. The van der Waals surface area contributed by atoms with Gasteiger partial charge >= 0.3 is 5.97 Å². The molecule has 0 atom stereocenters. The third kappa shape index (κ3) is 3.36. The Morgan fingerprint density at radius 2 is 1.90 bits per heavy atom. The Kier molecular flexibility index (Phi) is 4.53. The van der Waals surface area contributed by atoms with Crippen LogP contribution in [-0.2, 0) is 14.8 Å². The zero-order valence-corrected chi connectivity index (χ0v) is 12.7.